The second-order valence-electron chi connectivity index (χ2n) is 5.36. The summed E-state index contributed by atoms with van der Waals surface area (Å²) in [6.45, 7) is 8.83. The van der Waals surface area contributed by atoms with E-state index >= 15 is 0 Å². The molecule has 3 nitrogen and oxygen atoms in total. The summed E-state index contributed by atoms with van der Waals surface area (Å²) < 4.78 is 11.0. The molecule has 0 bridgehead atoms. The highest BCUT2D eigenvalue weighted by molar-refractivity contribution is 6.73. The zero-order chi connectivity index (χ0) is 12.0. The molecule has 1 saturated heterocycles. The van der Waals surface area contributed by atoms with E-state index in [1.807, 2.05) is 18.3 Å². The maximum atomic E-state index is 5.92. The summed E-state index contributed by atoms with van der Waals surface area (Å²) in [5.74, 6) is 0.639. The normalized spacial score (nSPS) is 21.4. The lowest BCUT2D eigenvalue weighted by molar-refractivity contribution is -0.00942. The third-order valence-electron chi connectivity index (χ3n) is 3.89. The molecular weight excluding hydrogens is 201 g/mol. The Morgan fingerprint density at radius 3 is 2.31 bits per heavy atom. The molecule has 1 aliphatic rings. The van der Waals surface area contributed by atoms with Crippen LogP contribution >= 0.6 is 0 Å². The summed E-state index contributed by atoms with van der Waals surface area (Å²) >= 11 is 0. The predicted octanol–water partition coefficient (Wildman–Crippen LogP) is 1.88. The Morgan fingerprint density at radius 1 is 1.25 bits per heavy atom. The lowest BCUT2D eigenvalue weighted by Crippen LogP contribution is -2.66. The van der Waals surface area contributed by atoms with Gasteiger partial charge in [0.15, 0.2) is 0 Å². The molecule has 0 spiro atoms. The SMILES string of the molecule is COc1ccc(B2OC(C)(C)C2(C)C)cn1. The molecule has 4 heteroatoms. The van der Waals surface area contributed by atoms with Crippen LogP contribution in [0.3, 0.4) is 0 Å². The van der Waals surface area contributed by atoms with Gasteiger partial charge in [0, 0.05) is 17.1 Å². The van der Waals surface area contributed by atoms with Gasteiger partial charge in [0.1, 0.15) is 0 Å². The number of rotatable bonds is 2. The fraction of sp³-hybridized carbons (Fsp3) is 0.583. The van der Waals surface area contributed by atoms with Gasteiger partial charge in [0.2, 0.25) is 5.88 Å². The lowest BCUT2D eigenvalue weighted by atomic mass is 9.33. The maximum absolute atomic E-state index is 5.92. The smallest absolute Gasteiger partial charge is 0.337 e. The first-order valence-electron chi connectivity index (χ1n) is 5.56. The van der Waals surface area contributed by atoms with Gasteiger partial charge in [0.25, 0.3) is 0 Å². The topological polar surface area (TPSA) is 31.4 Å². The molecule has 0 aromatic carbocycles. The van der Waals surface area contributed by atoms with Gasteiger partial charge >= 0.3 is 6.92 Å². The quantitative estimate of drug-likeness (QED) is 0.711. The molecule has 0 unspecified atom stereocenters. The zero-order valence-electron chi connectivity index (χ0n) is 10.6. The van der Waals surface area contributed by atoms with Crippen LogP contribution in [-0.4, -0.2) is 24.6 Å². The highest BCUT2D eigenvalue weighted by Crippen LogP contribution is 2.52. The van der Waals surface area contributed by atoms with Crippen LogP contribution in [0.2, 0.25) is 5.31 Å². The van der Waals surface area contributed by atoms with Crippen molar-refractivity contribution in [3.8, 4) is 5.88 Å². The Labute approximate surface area is 97.3 Å². The van der Waals surface area contributed by atoms with Crippen LogP contribution in [0.25, 0.3) is 0 Å². The van der Waals surface area contributed by atoms with Gasteiger partial charge in [-0.1, -0.05) is 19.9 Å². The van der Waals surface area contributed by atoms with Crippen molar-refractivity contribution < 1.29 is 9.39 Å². The molecule has 0 saturated carbocycles. The molecule has 0 aliphatic carbocycles. The van der Waals surface area contributed by atoms with Gasteiger partial charge in [-0.25, -0.2) is 4.98 Å². The van der Waals surface area contributed by atoms with Crippen molar-refractivity contribution in [2.24, 2.45) is 0 Å². The summed E-state index contributed by atoms with van der Waals surface area (Å²) in [7, 11) is 1.62. The van der Waals surface area contributed by atoms with Crippen LogP contribution < -0.4 is 10.2 Å². The molecule has 86 valence electrons. The zero-order valence-corrected chi connectivity index (χ0v) is 10.6. The third-order valence-corrected chi connectivity index (χ3v) is 3.89. The van der Waals surface area contributed by atoms with Crippen molar-refractivity contribution in [1.29, 1.82) is 0 Å². The van der Waals surface area contributed by atoms with E-state index in [1.54, 1.807) is 7.11 Å². The summed E-state index contributed by atoms with van der Waals surface area (Å²) in [4.78, 5) is 4.21. The molecule has 0 N–H and O–H groups in total. The molecule has 0 amide bonds. The lowest BCUT2D eigenvalue weighted by Gasteiger charge is -2.56. The van der Waals surface area contributed by atoms with E-state index in [-0.39, 0.29) is 17.8 Å². The first-order chi connectivity index (χ1) is 7.38. The predicted molar refractivity (Wildman–Crippen MR) is 65.4 cm³/mol. The molecule has 1 aliphatic heterocycles. The number of pyridine rings is 1. The van der Waals surface area contributed by atoms with E-state index < -0.39 is 0 Å². The van der Waals surface area contributed by atoms with E-state index in [9.17, 15) is 0 Å². The Kier molecular flexibility index (Phi) is 2.50. The number of ether oxygens (including phenoxy) is 1. The van der Waals surface area contributed by atoms with Crippen LogP contribution in [0.1, 0.15) is 27.7 Å². The Morgan fingerprint density at radius 2 is 1.94 bits per heavy atom. The fourth-order valence-electron chi connectivity index (χ4n) is 2.00. The second-order valence-corrected chi connectivity index (χ2v) is 5.36. The van der Waals surface area contributed by atoms with Crippen molar-refractivity contribution in [1.82, 2.24) is 4.98 Å². The standard InChI is InChI=1S/C12H18BNO2/c1-11(2)12(3,4)16-13(11)9-6-7-10(15-5)14-8-9/h6-8H,1-5H3. The van der Waals surface area contributed by atoms with Gasteiger partial charge in [-0.05, 0) is 25.4 Å². The molecule has 0 radical (unpaired) electrons. The number of aromatic nitrogens is 1. The van der Waals surface area contributed by atoms with Crippen molar-refractivity contribution in [3.05, 3.63) is 18.3 Å². The molecule has 16 heavy (non-hydrogen) atoms. The Balaban J connectivity index is 2.21. The maximum Gasteiger partial charge on any atom is 0.337 e. The van der Waals surface area contributed by atoms with Gasteiger partial charge in [0.05, 0.1) is 7.11 Å². The molecule has 1 aromatic rings. The molecule has 2 rings (SSSR count). The van der Waals surface area contributed by atoms with E-state index in [4.69, 9.17) is 9.39 Å². The Bertz CT molecular complexity index is 387. The monoisotopic (exact) mass is 219 g/mol. The van der Waals surface area contributed by atoms with Crippen LogP contribution in [-0.2, 0) is 4.65 Å². The van der Waals surface area contributed by atoms with Crippen molar-refractivity contribution in [2.45, 2.75) is 38.6 Å². The minimum atomic E-state index is -0.0718. The average molecular weight is 219 g/mol. The molecule has 1 fully saturated rings. The average Bonchev–Trinajstić information content (AvgIpc) is 2.26. The fourth-order valence-corrected chi connectivity index (χ4v) is 2.00. The van der Waals surface area contributed by atoms with Crippen molar-refractivity contribution in [3.63, 3.8) is 0 Å². The van der Waals surface area contributed by atoms with E-state index in [2.05, 4.69) is 32.7 Å². The van der Waals surface area contributed by atoms with Crippen LogP contribution in [0, 0.1) is 0 Å². The van der Waals surface area contributed by atoms with E-state index in [0.29, 0.717) is 5.88 Å². The van der Waals surface area contributed by atoms with Gasteiger partial charge in [-0.2, -0.15) is 0 Å². The Hall–Kier alpha value is -1.03. The first kappa shape index (κ1) is 11.5. The molecule has 1 aromatic heterocycles. The highest BCUT2D eigenvalue weighted by Gasteiger charge is 2.59. The minimum absolute atomic E-state index is 0.0718. The molecular formula is C12H18BNO2. The van der Waals surface area contributed by atoms with Gasteiger partial charge in [-0.3, -0.25) is 0 Å². The summed E-state index contributed by atoms with van der Waals surface area (Å²) in [6, 6.07) is 3.90. The first-order valence-corrected chi connectivity index (χ1v) is 5.56. The molecule has 0 atom stereocenters. The van der Waals surface area contributed by atoms with Crippen molar-refractivity contribution >= 4 is 12.4 Å². The number of nitrogens with zero attached hydrogens (tertiary/aromatic N) is 1. The van der Waals surface area contributed by atoms with Crippen LogP contribution in [0.5, 0.6) is 5.88 Å². The van der Waals surface area contributed by atoms with Crippen molar-refractivity contribution in [2.75, 3.05) is 7.11 Å². The van der Waals surface area contributed by atoms with E-state index in [0.717, 1.165) is 5.46 Å². The summed E-state index contributed by atoms with van der Waals surface area (Å²) in [5.41, 5.74) is 1.04. The minimum Gasteiger partial charge on any atom is -0.481 e. The van der Waals surface area contributed by atoms with Crippen LogP contribution in [0.4, 0.5) is 0 Å². The highest BCUT2D eigenvalue weighted by atomic mass is 16.5. The van der Waals surface area contributed by atoms with E-state index in [1.165, 1.54) is 0 Å². The number of hydrogen-bond acceptors (Lipinski definition) is 3. The summed E-state index contributed by atoms with van der Waals surface area (Å²) in [5, 5.41) is 0.128. The number of hydrogen-bond donors (Lipinski definition) is 0. The van der Waals surface area contributed by atoms with Gasteiger partial charge < -0.3 is 9.39 Å². The van der Waals surface area contributed by atoms with Gasteiger partial charge in [-0.15, -0.1) is 0 Å². The number of methoxy groups -OCH3 is 1. The summed E-state index contributed by atoms with van der Waals surface area (Å²) in [6.07, 6.45) is 1.83. The third kappa shape index (κ3) is 1.52. The molecule has 2 heterocycles. The van der Waals surface area contributed by atoms with Crippen LogP contribution in [0.15, 0.2) is 18.3 Å². The second kappa shape index (κ2) is 3.49. The largest absolute Gasteiger partial charge is 0.481 e.